The van der Waals surface area contributed by atoms with Crippen LogP contribution >= 0.6 is 0 Å². The van der Waals surface area contributed by atoms with Gasteiger partial charge in [0.1, 0.15) is 0 Å². The molecule has 0 saturated carbocycles. The molecular formula is C6H22O6Pr2Si6. The third kappa shape index (κ3) is 4.12. The summed E-state index contributed by atoms with van der Waals surface area (Å²) in [6, 6.07) is 0. The van der Waals surface area contributed by atoms with E-state index in [0.717, 1.165) is 0 Å². The quantitative estimate of drug-likeness (QED) is 0.356. The van der Waals surface area contributed by atoms with E-state index in [1.54, 1.807) is 14.2 Å². The summed E-state index contributed by atoms with van der Waals surface area (Å²) < 4.78 is 37.7. The Morgan fingerprint density at radius 2 is 1.10 bits per heavy atom. The molecule has 2 saturated heterocycles. The second-order valence-electron chi connectivity index (χ2n) is 5.00. The summed E-state index contributed by atoms with van der Waals surface area (Å²) in [5, 5.41) is 0. The van der Waals surface area contributed by atoms with Gasteiger partial charge in [0.15, 0.2) is 0 Å². The molecule has 14 heteroatoms. The summed E-state index contributed by atoms with van der Waals surface area (Å²) >= 11 is -2.04. The van der Waals surface area contributed by atoms with Crippen molar-refractivity contribution in [3.63, 3.8) is 0 Å². The van der Waals surface area contributed by atoms with Gasteiger partial charge < -0.3 is 0 Å². The zero-order chi connectivity index (χ0) is 15.0. The Morgan fingerprint density at radius 3 is 1.30 bits per heavy atom. The summed E-state index contributed by atoms with van der Waals surface area (Å²) in [4.78, 5) is 0. The summed E-state index contributed by atoms with van der Waals surface area (Å²) in [6.45, 7) is 4.62. The minimum atomic E-state index is -2.13. The van der Waals surface area contributed by atoms with Gasteiger partial charge in [0.05, 0.1) is 0 Å². The topological polar surface area (TPSA) is 55.4 Å². The normalized spacial score (nSPS) is 48.1. The van der Waals surface area contributed by atoms with Crippen LogP contribution in [0.3, 0.4) is 0 Å². The third-order valence-corrected chi connectivity index (χ3v) is 88.6. The molecule has 0 radical (unpaired) electrons. The monoisotopic (exact) mass is 640 g/mol. The van der Waals surface area contributed by atoms with Gasteiger partial charge in [-0.2, -0.15) is 0 Å². The summed E-state index contributed by atoms with van der Waals surface area (Å²) in [7, 11) is -1.46. The second-order valence-corrected chi connectivity index (χ2v) is 60.7. The van der Waals surface area contributed by atoms with Crippen molar-refractivity contribution in [1.82, 2.24) is 0 Å². The molecule has 0 spiro atoms. The van der Waals surface area contributed by atoms with Crippen LogP contribution in [-0.4, -0.2) is 54.1 Å². The molecule has 0 aromatic rings. The predicted molar refractivity (Wildman–Crippen MR) is 81.9 cm³/mol. The van der Waals surface area contributed by atoms with Crippen molar-refractivity contribution in [2.75, 3.05) is 14.2 Å². The Morgan fingerprint density at radius 1 is 0.750 bits per heavy atom. The first-order valence-electron chi connectivity index (χ1n) is 6.87. The van der Waals surface area contributed by atoms with Crippen molar-refractivity contribution >= 4 is 39.9 Å². The Kier molecular flexibility index (Phi) is 8.49. The van der Waals surface area contributed by atoms with Crippen LogP contribution in [0.15, 0.2) is 0 Å². The van der Waals surface area contributed by atoms with Gasteiger partial charge in [-0.25, -0.2) is 0 Å². The number of hydrogen-bond donors (Lipinski definition) is 0. The molecular weight excluding hydrogens is 618 g/mol. The van der Waals surface area contributed by atoms with Crippen LogP contribution in [0.5, 0.6) is 0 Å². The molecule has 2 fully saturated rings. The van der Waals surface area contributed by atoms with Gasteiger partial charge >= 0.3 is 170 Å². The van der Waals surface area contributed by atoms with E-state index in [9.17, 15) is 0 Å². The van der Waals surface area contributed by atoms with Gasteiger partial charge in [-0.15, -0.1) is 0 Å². The van der Waals surface area contributed by atoms with E-state index >= 15 is 0 Å². The molecule has 0 amide bonds. The zero-order valence-corrected chi connectivity index (χ0v) is 26.9. The molecule has 6 nitrogen and oxygen atoms in total. The number of rotatable bonds is 5. The van der Waals surface area contributed by atoms with E-state index in [-0.39, 0.29) is 0 Å². The molecule has 2 aliphatic rings. The van der Waals surface area contributed by atoms with Crippen molar-refractivity contribution in [1.29, 1.82) is 0 Å². The summed E-state index contributed by atoms with van der Waals surface area (Å²) in [5.41, 5.74) is 0. The van der Waals surface area contributed by atoms with E-state index < -0.39 is 112 Å². The molecule has 6 unspecified atom stereocenters. The molecule has 0 N–H and O–H groups in total. The van der Waals surface area contributed by atoms with E-state index in [1.807, 2.05) is 0 Å². The third-order valence-electron chi connectivity index (χ3n) is 3.83. The Bertz CT molecular complexity index is 314. The van der Waals surface area contributed by atoms with Crippen molar-refractivity contribution in [2.24, 2.45) is 0 Å². The Balaban J connectivity index is 2.13. The van der Waals surface area contributed by atoms with E-state index in [2.05, 4.69) is 18.1 Å². The molecule has 0 aromatic heterocycles. The standard InChI is InChI=1S/C4H16O6Si6.2CH3.2Pr/c1-5-13-7-11(3)15(9-13)16-10-14(6-2)8-12(16)4;;;;/h11-12,15-16H,1-4H3;2*1H3;;. The average molecular weight is 641 g/mol. The minimum absolute atomic E-state index is 1.02. The maximum absolute atomic E-state index is 6.57. The van der Waals surface area contributed by atoms with Crippen LogP contribution in [0.1, 0.15) is 0 Å². The Hall–Kier alpha value is 3.79. The first-order valence-corrected chi connectivity index (χ1v) is 41.2. The van der Waals surface area contributed by atoms with Crippen LogP contribution in [0, 0.1) is 72.0 Å². The predicted octanol–water partition coefficient (Wildman–Crippen LogP) is -1.10. The Labute approximate surface area is 166 Å². The first-order chi connectivity index (χ1) is 9.44. The fourth-order valence-electron chi connectivity index (χ4n) is 2.65. The SMILES string of the molecule is CO[Si]1([Pr][CH3])O[SiH](C)[SiH]([SiH]2O[Si](OC)([Pr][CH3])O[SiH]2C)O1. The average Bonchev–Trinajstić information content (AvgIpc) is 2.97. The second kappa shape index (κ2) is 8.45. The van der Waals surface area contributed by atoms with Crippen molar-refractivity contribution in [2.45, 2.75) is 18.1 Å². The van der Waals surface area contributed by atoms with E-state index in [1.165, 1.54) is 0 Å². The molecule has 0 aromatic carbocycles. The molecule has 0 aliphatic carbocycles. The molecule has 2 heterocycles. The van der Waals surface area contributed by atoms with E-state index in [0.29, 0.717) is 0 Å². The van der Waals surface area contributed by atoms with Crippen molar-refractivity contribution < 1.29 is 97.3 Å². The van der Waals surface area contributed by atoms with Crippen molar-refractivity contribution in [3.05, 3.63) is 0 Å². The van der Waals surface area contributed by atoms with Gasteiger partial charge in [0.25, 0.3) is 0 Å². The molecule has 6 atom stereocenters. The fourth-order valence-corrected chi connectivity index (χ4v) is 146. The fraction of sp³-hybridized carbons (Fsp3) is 1.00. The summed E-state index contributed by atoms with van der Waals surface area (Å²) in [6.07, 6.45) is 0. The first kappa shape index (κ1) is 20.1. The molecule has 2 aliphatic heterocycles. The zero-order valence-electron chi connectivity index (χ0n) is 12.9. The van der Waals surface area contributed by atoms with Crippen LogP contribution < -0.4 is 0 Å². The van der Waals surface area contributed by atoms with Gasteiger partial charge in [-0.3, -0.25) is 0 Å². The van der Waals surface area contributed by atoms with Crippen LogP contribution in [-0.2, 0) is 25.3 Å². The van der Waals surface area contributed by atoms with Gasteiger partial charge in [0, 0.05) is 0 Å². The van der Waals surface area contributed by atoms with Gasteiger partial charge in [0.2, 0.25) is 0 Å². The molecule has 2 rings (SSSR count). The summed E-state index contributed by atoms with van der Waals surface area (Å²) in [5.74, 6) is 0. The van der Waals surface area contributed by atoms with Crippen LogP contribution in [0.2, 0.25) is 18.1 Å². The maximum atomic E-state index is 6.57. The van der Waals surface area contributed by atoms with E-state index in [4.69, 9.17) is 25.3 Å². The molecule has 0 bridgehead atoms. The van der Waals surface area contributed by atoms with Crippen LogP contribution in [0.25, 0.3) is 0 Å². The van der Waals surface area contributed by atoms with Crippen molar-refractivity contribution in [3.8, 4) is 0 Å². The van der Waals surface area contributed by atoms with Gasteiger partial charge in [-0.1, -0.05) is 0 Å². The van der Waals surface area contributed by atoms with Gasteiger partial charge in [-0.05, 0) is 0 Å². The molecule has 20 heavy (non-hydrogen) atoms. The van der Waals surface area contributed by atoms with Crippen LogP contribution in [0.4, 0.5) is 0 Å². The number of hydrogen-bond acceptors (Lipinski definition) is 6. The molecule has 112 valence electrons.